The molecule has 5 nitrogen and oxygen atoms in total. The van der Waals surface area contributed by atoms with E-state index in [2.05, 4.69) is 62.0 Å². The highest BCUT2D eigenvalue weighted by molar-refractivity contribution is 5.80. The van der Waals surface area contributed by atoms with Crippen molar-refractivity contribution in [1.82, 2.24) is 20.4 Å². The molecule has 23 heavy (non-hydrogen) atoms. The smallest absolute Gasteiger partial charge is 0.191 e. The van der Waals surface area contributed by atoms with E-state index in [9.17, 15) is 0 Å². The van der Waals surface area contributed by atoms with E-state index >= 15 is 0 Å². The van der Waals surface area contributed by atoms with Gasteiger partial charge in [-0.1, -0.05) is 13.8 Å². The first-order chi connectivity index (χ1) is 11.0. The molecule has 0 spiro atoms. The van der Waals surface area contributed by atoms with Crippen molar-refractivity contribution in [3.63, 3.8) is 0 Å². The summed E-state index contributed by atoms with van der Waals surface area (Å²) < 4.78 is 0. The monoisotopic (exact) mass is 325 g/mol. The van der Waals surface area contributed by atoms with Crippen molar-refractivity contribution in [2.45, 2.75) is 72.5 Å². The van der Waals surface area contributed by atoms with Gasteiger partial charge in [-0.25, -0.2) is 0 Å². The molecule has 0 amide bonds. The van der Waals surface area contributed by atoms with Crippen molar-refractivity contribution in [3.8, 4) is 0 Å². The fourth-order valence-corrected chi connectivity index (χ4v) is 3.26. The van der Waals surface area contributed by atoms with Crippen molar-refractivity contribution in [3.05, 3.63) is 0 Å². The maximum absolute atomic E-state index is 4.82. The Hall–Kier alpha value is -0.810. The number of rotatable bonds is 8. The van der Waals surface area contributed by atoms with Crippen LogP contribution >= 0.6 is 0 Å². The largest absolute Gasteiger partial charge is 0.357 e. The van der Waals surface area contributed by atoms with Crippen LogP contribution in [0.1, 0.15) is 54.4 Å². The zero-order chi connectivity index (χ0) is 17.2. The van der Waals surface area contributed by atoms with Crippen LogP contribution < -0.4 is 10.6 Å². The molecule has 0 aliphatic carbocycles. The molecule has 0 aromatic rings. The Morgan fingerprint density at radius 3 is 2.22 bits per heavy atom. The number of piperidine rings is 1. The predicted molar refractivity (Wildman–Crippen MR) is 101 cm³/mol. The van der Waals surface area contributed by atoms with Crippen LogP contribution in [0, 0.1) is 0 Å². The molecule has 1 fully saturated rings. The summed E-state index contributed by atoms with van der Waals surface area (Å²) in [6, 6.07) is 1.70. The van der Waals surface area contributed by atoms with E-state index in [1.54, 1.807) is 0 Å². The lowest BCUT2D eigenvalue weighted by Gasteiger charge is -2.35. The number of likely N-dealkylation sites (N-methyl/N-ethyl adjacent to an activating group) is 1. The molecular weight excluding hydrogens is 286 g/mol. The van der Waals surface area contributed by atoms with Gasteiger partial charge in [0.15, 0.2) is 5.96 Å². The van der Waals surface area contributed by atoms with Gasteiger partial charge in [-0.2, -0.15) is 0 Å². The molecule has 1 saturated heterocycles. The normalized spacial score (nSPS) is 19.4. The number of aliphatic imine (C=N–C) groups is 1. The van der Waals surface area contributed by atoms with E-state index in [1.165, 1.54) is 25.9 Å². The summed E-state index contributed by atoms with van der Waals surface area (Å²) in [6.07, 6.45) is 2.41. The molecule has 0 saturated carbocycles. The molecule has 1 unspecified atom stereocenters. The van der Waals surface area contributed by atoms with Gasteiger partial charge in [-0.15, -0.1) is 0 Å². The minimum atomic E-state index is 0.489. The maximum Gasteiger partial charge on any atom is 0.191 e. The molecule has 1 heterocycles. The Labute approximate surface area is 143 Å². The van der Waals surface area contributed by atoms with E-state index in [4.69, 9.17) is 4.99 Å². The molecule has 2 N–H and O–H groups in total. The molecule has 136 valence electrons. The van der Waals surface area contributed by atoms with E-state index in [0.717, 1.165) is 32.1 Å². The van der Waals surface area contributed by atoms with Gasteiger partial charge in [0.1, 0.15) is 0 Å². The van der Waals surface area contributed by atoms with Gasteiger partial charge >= 0.3 is 0 Å². The van der Waals surface area contributed by atoms with Crippen LogP contribution in [-0.4, -0.2) is 73.2 Å². The number of likely N-dealkylation sites (tertiary alicyclic amines) is 1. The van der Waals surface area contributed by atoms with Gasteiger partial charge in [0, 0.05) is 37.8 Å². The van der Waals surface area contributed by atoms with Gasteiger partial charge in [-0.3, -0.25) is 9.89 Å². The van der Waals surface area contributed by atoms with Gasteiger partial charge in [0.05, 0.1) is 6.54 Å². The zero-order valence-electron chi connectivity index (χ0n) is 16.2. The standard InChI is InChI=1S/C18H39N5/c1-7-19-18(20-14-16(6)22(8-2)9-3)21-17-10-12-23(13-11-17)15(4)5/h15-17H,7-14H2,1-6H3,(H2,19,20,21). The van der Waals surface area contributed by atoms with Crippen molar-refractivity contribution >= 4 is 5.96 Å². The summed E-state index contributed by atoms with van der Waals surface area (Å²) in [7, 11) is 0. The fourth-order valence-electron chi connectivity index (χ4n) is 3.26. The topological polar surface area (TPSA) is 42.9 Å². The van der Waals surface area contributed by atoms with Crippen molar-refractivity contribution < 1.29 is 0 Å². The molecule has 5 heteroatoms. The summed E-state index contributed by atoms with van der Waals surface area (Å²) in [5.74, 6) is 0.981. The van der Waals surface area contributed by atoms with Gasteiger partial charge in [0.25, 0.3) is 0 Å². The zero-order valence-corrected chi connectivity index (χ0v) is 16.2. The highest BCUT2D eigenvalue weighted by Gasteiger charge is 2.21. The average Bonchev–Trinajstić information content (AvgIpc) is 2.54. The second-order valence-electron chi connectivity index (χ2n) is 6.84. The van der Waals surface area contributed by atoms with Crippen LogP contribution in [0.2, 0.25) is 0 Å². The molecule has 0 bridgehead atoms. The van der Waals surface area contributed by atoms with Gasteiger partial charge in [-0.05, 0) is 53.6 Å². The summed E-state index contributed by atoms with van der Waals surface area (Å²) in [4.78, 5) is 9.83. The fraction of sp³-hybridized carbons (Fsp3) is 0.944. The summed E-state index contributed by atoms with van der Waals surface area (Å²) in [5, 5.41) is 7.04. The Morgan fingerprint density at radius 1 is 1.13 bits per heavy atom. The second kappa shape index (κ2) is 10.9. The second-order valence-corrected chi connectivity index (χ2v) is 6.84. The first kappa shape index (κ1) is 20.2. The number of nitrogens with zero attached hydrogens (tertiary/aromatic N) is 3. The maximum atomic E-state index is 4.82. The molecule has 1 aliphatic rings. The number of nitrogens with one attached hydrogen (secondary N) is 2. The minimum absolute atomic E-state index is 0.489. The van der Waals surface area contributed by atoms with Crippen LogP contribution in [0.15, 0.2) is 4.99 Å². The van der Waals surface area contributed by atoms with Crippen LogP contribution in [0.3, 0.4) is 0 Å². The lowest BCUT2D eigenvalue weighted by Crippen LogP contribution is -2.50. The number of guanidine groups is 1. The Bertz CT molecular complexity index is 330. The third-order valence-corrected chi connectivity index (χ3v) is 4.89. The summed E-state index contributed by atoms with van der Waals surface area (Å²) in [6.45, 7) is 19.7. The van der Waals surface area contributed by atoms with Crippen LogP contribution in [0.5, 0.6) is 0 Å². The number of hydrogen-bond acceptors (Lipinski definition) is 3. The molecular formula is C18H39N5. The molecule has 0 aromatic carbocycles. The van der Waals surface area contributed by atoms with Crippen molar-refractivity contribution in [2.24, 2.45) is 4.99 Å². The van der Waals surface area contributed by atoms with E-state index in [1.807, 2.05) is 0 Å². The van der Waals surface area contributed by atoms with Gasteiger partial charge < -0.3 is 15.5 Å². The first-order valence-electron chi connectivity index (χ1n) is 9.54. The SMILES string of the molecule is CCNC(=NCC(C)N(CC)CC)NC1CCN(C(C)C)CC1. The van der Waals surface area contributed by atoms with Crippen molar-refractivity contribution in [2.75, 3.05) is 39.3 Å². The first-order valence-corrected chi connectivity index (χ1v) is 9.54. The summed E-state index contributed by atoms with van der Waals surface area (Å²) >= 11 is 0. The minimum Gasteiger partial charge on any atom is -0.357 e. The third-order valence-electron chi connectivity index (χ3n) is 4.89. The average molecular weight is 326 g/mol. The Kier molecular flexibility index (Phi) is 9.56. The van der Waals surface area contributed by atoms with Crippen LogP contribution in [0.25, 0.3) is 0 Å². The molecule has 1 aliphatic heterocycles. The lowest BCUT2D eigenvalue weighted by molar-refractivity contribution is 0.167. The highest BCUT2D eigenvalue weighted by atomic mass is 15.2. The van der Waals surface area contributed by atoms with Crippen LogP contribution in [-0.2, 0) is 0 Å². The highest BCUT2D eigenvalue weighted by Crippen LogP contribution is 2.12. The Balaban J connectivity index is 2.50. The predicted octanol–water partition coefficient (Wildman–Crippen LogP) is 2.14. The van der Waals surface area contributed by atoms with E-state index < -0.39 is 0 Å². The van der Waals surface area contributed by atoms with Gasteiger partial charge in [0.2, 0.25) is 0 Å². The number of hydrogen-bond donors (Lipinski definition) is 2. The quantitative estimate of drug-likeness (QED) is 0.530. The summed E-state index contributed by atoms with van der Waals surface area (Å²) in [5.41, 5.74) is 0. The van der Waals surface area contributed by atoms with E-state index in [-0.39, 0.29) is 0 Å². The molecule has 0 aromatic heterocycles. The Morgan fingerprint density at radius 2 is 1.74 bits per heavy atom. The van der Waals surface area contributed by atoms with Crippen molar-refractivity contribution in [1.29, 1.82) is 0 Å². The lowest BCUT2D eigenvalue weighted by atomic mass is 10.0. The molecule has 0 radical (unpaired) electrons. The third kappa shape index (κ3) is 7.08. The van der Waals surface area contributed by atoms with Crippen LogP contribution in [0.4, 0.5) is 0 Å². The molecule has 1 atom stereocenters. The molecule has 1 rings (SSSR count). The van der Waals surface area contributed by atoms with E-state index in [0.29, 0.717) is 18.1 Å².